The van der Waals surface area contributed by atoms with Crippen molar-refractivity contribution in [1.29, 1.82) is 0 Å². The number of esters is 1. The van der Waals surface area contributed by atoms with E-state index in [1.165, 1.54) is 5.01 Å². The number of aromatic hydroxyl groups is 1. The molecule has 1 spiro atoms. The summed E-state index contributed by atoms with van der Waals surface area (Å²) in [5.74, 6) is -1.70. The molecule has 2 saturated heterocycles. The van der Waals surface area contributed by atoms with Crippen LogP contribution in [0.4, 0.5) is 0 Å². The molecule has 1 unspecified atom stereocenters. The number of aromatic nitrogens is 2. The first-order valence-corrected chi connectivity index (χ1v) is 23.5. The fraction of sp³-hybridized carbons (Fsp3) is 0.549. The van der Waals surface area contributed by atoms with E-state index in [4.69, 9.17) is 14.5 Å². The minimum absolute atomic E-state index is 0.00779. The monoisotopic (exact) mass is 890 g/mol. The quantitative estimate of drug-likeness (QED) is 0.140. The molecule has 4 N–H and O–H groups in total. The van der Waals surface area contributed by atoms with Gasteiger partial charge >= 0.3 is 5.97 Å². The second kappa shape index (κ2) is 18.5. The topological polar surface area (TPSA) is 167 Å². The molecule has 5 atom stereocenters. The van der Waals surface area contributed by atoms with Crippen molar-refractivity contribution in [3.05, 3.63) is 71.5 Å². The van der Waals surface area contributed by atoms with Gasteiger partial charge in [0.1, 0.15) is 23.9 Å². The fourth-order valence-corrected chi connectivity index (χ4v) is 10.8. The number of carbonyl (C=O) groups is 4. The summed E-state index contributed by atoms with van der Waals surface area (Å²) in [5.41, 5.74) is 9.77. The lowest BCUT2D eigenvalue weighted by Gasteiger charge is -2.37. The van der Waals surface area contributed by atoms with Crippen LogP contribution in [0.1, 0.15) is 96.6 Å². The van der Waals surface area contributed by atoms with Crippen LogP contribution < -0.4 is 16.1 Å². The molecule has 3 aliphatic heterocycles. The van der Waals surface area contributed by atoms with Crippen LogP contribution in [0, 0.1) is 22.7 Å². The number of piperidine rings is 1. The van der Waals surface area contributed by atoms with Crippen molar-refractivity contribution in [2.75, 3.05) is 40.4 Å². The number of carbonyl (C=O) groups excluding carboxylic acids is 4. The molecule has 65 heavy (non-hydrogen) atoms. The van der Waals surface area contributed by atoms with Gasteiger partial charge in [0.2, 0.25) is 11.8 Å². The molecule has 4 aromatic rings. The van der Waals surface area contributed by atoms with Crippen LogP contribution in [-0.4, -0.2) is 107 Å². The van der Waals surface area contributed by atoms with Crippen LogP contribution in [0.5, 0.6) is 5.75 Å². The number of pyridine rings is 1. The highest BCUT2D eigenvalue weighted by Gasteiger charge is 2.59. The van der Waals surface area contributed by atoms with Crippen molar-refractivity contribution >= 4 is 34.6 Å². The smallest absolute Gasteiger partial charge is 0.324 e. The van der Waals surface area contributed by atoms with E-state index in [1.54, 1.807) is 37.4 Å². The van der Waals surface area contributed by atoms with Gasteiger partial charge in [0.15, 0.2) is 0 Å². The lowest BCUT2D eigenvalue weighted by molar-refractivity contribution is -0.155. The number of cyclic esters (lactones) is 1. The zero-order chi connectivity index (χ0) is 46.4. The molecule has 348 valence electrons. The van der Waals surface area contributed by atoms with Crippen molar-refractivity contribution < 1.29 is 33.8 Å². The maximum absolute atomic E-state index is 14.7. The molecular formula is C51H67N7O7. The van der Waals surface area contributed by atoms with Crippen LogP contribution in [0.15, 0.2) is 54.7 Å². The standard InChI is InChI=1S/C51H67N7O7/c1-9-57-42-15-14-33-26-37(42)38(45(57)36-12-10-18-53-43(36)31(4)64-8)27-50(5,6)29-65-49(63)40-13-11-21-58(55-40)48(62)41(24-32-22-34(33)25-35(59)23-32)54-46(60)44(30(2)3)56(7)47(61)39-28-51(39)16-19-52-20-17-51/h10,12,14-15,18,22-23,25-26,30-31,39-41,44,52,55,59H,9,11,13,16-17,19-21,24,27-29H2,1-8H3,(H,54,60)/t31-,39?,40-,41-,44-/m0/s1. The Morgan fingerprint density at radius 3 is 2.57 bits per heavy atom. The largest absolute Gasteiger partial charge is 0.508 e. The normalized spacial score (nSPS) is 22.8. The molecule has 2 aromatic carbocycles. The third kappa shape index (κ3) is 9.26. The van der Waals surface area contributed by atoms with Crippen molar-refractivity contribution in [3.63, 3.8) is 0 Å². The molecule has 0 radical (unpaired) electrons. The van der Waals surface area contributed by atoms with Gasteiger partial charge in [-0.25, -0.2) is 5.43 Å². The number of hydrazine groups is 1. The lowest BCUT2D eigenvalue weighted by Crippen LogP contribution is -2.62. The van der Waals surface area contributed by atoms with E-state index in [9.17, 15) is 24.3 Å². The zero-order valence-electron chi connectivity index (χ0n) is 39.3. The summed E-state index contributed by atoms with van der Waals surface area (Å²) in [4.78, 5) is 63.6. The van der Waals surface area contributed by atoms with E-state index in [0.717, 1.165) is 76.9 Å². The van der Waals surface area contributed by atoms with Gasteiger partial charge in [0, 0.05) is 67.7 Å². The first-order valence-electron chi connectivity index (χ1n) is 23.5. The summed E-state index contributed by atoms with van der Waals surface area (Å²) in [7, 11) is 3.38. The Labute approximate surface area is 382 Å². The number of aryl methyl sites for hydroxylation is 1. The Bertz CT molecular complexity index is 2460. The summed E-state index contributed by atoms with van der Waals surface area (Å²) in [5, 5.41) is 20.2. The van der Waals surface area contributed by atoms with Crippen LogP contribution in [0.3, 0.4) is 0 Å². The molecule has 8 rings (SSSR count). The number of nitrogens with zero attached hydrogens (tertiary/aromatic N) is 4. The van der Waals surface area contributed by atoms with E-state index in [0.29, 0.717) is 37.9 Å². The van der Waals surface area contributed by atoms with Crippen LogP contribution in [0.2, 0.25) is 0 Å². The van der Waals surface area contributed by atoms with Gasteiger partial charge in [-0.2, -0.15) is 0 Å². The number of likely N-dealkylation sites (N-methyl/N-ethyl adjacent to an activating group) is 1. The summed E-state index contributed by atoms with van der Waals surface area (Å²) in [6.07, 6.45) is 5.83. The molecule has 1 aliphatic carbocycles. The second-order valence-corrected chi connectivity index (χ2v) is 20.0. The number of nitrogens with one attached hydrogen (secondary N) is 3. The third-order valence-corrected chi connectivity index (χ3v) is 14.4. The number of amides is 3. The highest BCUT2D eigenvalue weighted by molar-refractivity contribution is 5.96. The van der Waals surface area contributed by atoms with Crippen LogP contribution >= 0.6 is 0 Å². The molecule has 1 saturated carbocycles. The van der Waals surface area contributed by atoms with E-state index >= 15 is 0 Å². The molecular weight excluding hydrogens is 823 g/mol. The second-order valence-electron chi connectivity index (χ2n) is 20.0. The summed E-state index contributed by atoms with van der Waals surface area (Å²) < 4.78 is 14.2. The number of phenols is 1. The van der Waals surface area contributed by atoms with Gasteiger partial charge in [-0.05, 0) is 135 Å². The Balaban J connectivity index is 1.20. The fourth-order valence-electron chi connectivity index (χ4n) is 10.8. The highest BCUT2D eigenvalue weighted by Crippen LogP contribution is 2.59. The van der Waals surface area contributed by atoms with Gasteiger partial charge in [-0.3, -0.25) is 29.2 Å². The van der Waals surface area contributed by atoms with E-state index in [-0.39, 0.29) is 48.0 Å². The molecule has 4 aliphatic rings. The van der Waals surface area contributed by atoms with Crippen molar-refractivity contribution in [1.82, 2.24) is 35.5 Å². The van der Waals surface area contributed by atoms with Crippen molar-refractivity contribution in [2.24, 2.45) is 22.7 Å². The van der Waals surface area contributed by atoms with E-state index in [2.05, 4.69) is 59.6 Å². The molecule has 6 bridgehead atoms. The average molecular weight is 890 g/mol. The van der Waals surface area contributed by atoms with Crippen molar-refractivity contribution in [2.45, 2.75) is 117 Å². The number of hydrogen-bond acceptors (Lipinski definition) is 10. The number of rotatable bonds is 9. The number of benzene rings is 2. The van der Waals surface area contributed by atoms with E-state index in [1.807, 2.05) is 39.0 Å². The predicted molar refractivity (Wildman–Crippen MR) is 249 cm³/mol. The molecule has 3 fully saturated rings. The molecule has 14 nitrogen and oxygen atoms in total. The molecule has 2 aromatic heterocycles. The summed E-state index contributed by atoms with van der Waals surface area (Å²) in [6.45, 7) is 15.0. The molecule has 3 amide bonds. The first kappa shape index (κ1) is 46.2. The Morgan fingerprint density at radius 1 is 1.08 bits per heavy atom. The van der Waals surface area contributed by atoms with Crippen molar-refractivity contribution in [3.8, 4) is 28.1 Å². The maximum Gasteiger partial charge on any atom is 0.324 e. The zero-order valence-corrected chi connectivity index (χ0v) is 39.3. The third-order valence-electron chi connectivity index (χ3n) is 14.4. The van der Waals surface area contributed by atoms with Gasteiger partial charge in [-0.15, -0.1) is 0 Å². The lowest BCUT2D eigenvalue weighted by atomic mass is 9.84. The Kier molecular flexibility index (Phi) is 13.2. The molecule has 5 heterocycles. The Morgan fingerprint density at radius 2 is 1.85 bits per heavy atom. The minimum atomic E-state index is -1.10. The number of hydrogen-bond donors (Lipinski definition) is 4. The average Bonchev–Trinajstić information content (AvgIpc) is 3.89. The predicted octanol–water partition coefficient (Wildman–Crippen LogP) is 6.32. The number of fused-ring (bicyclic) bond motifs is 6. The minimum Gasteiger partial charge on any atom is -0.508 e. The Hall–Kier alpha value is -5.31. The molecule has 14 heteroatoms. The van der Waals surface area contributed by atoms with Gasteiger partial charge in [0.25, 0.3) is 5.91 Å². The highest BCUT2D eigenvalue weighted by atomic mass is 16.5. The summed E-state index contributed by atoms with van der Waals surface area (Å²) in [6, 6.07) is 12.9. The van der Waals surface area contributed by atoms with E-state index < -0.39 is 41.3 Å². The number of ether oxygens (including phenoxy) is 2. The maximum atomic E-state index is 14.7. The van der Waals surface area contributed by atoms with Crippen LogP contribution in [-0.2, 0) is 48.0 Å². The van der Waals surface area contributed by atoms with Gasteiger partial charge in [-0.1, -0.05) is 39.8 Å². The van der Waals surface area contributed by atoms with Gasteiger partial charge in [0.05, 0.1) is 24.1 Å². The van der Waals surface area contributed by atoms with Crippen LogP contribution in [0.25, 0.3) is 33.3 Å². The van der Waals surface area contributed by atoms with Gasteiger partial charge < -0.3 is 34.7 Å². The first-order chi connectivity index (χ1) is 31.0. The number of methoxy groups -OCH3 is 1. The number of phenolic OH excluding ortho intramolecular Hbond substituents is 1. The SMILES string of the molecule is CCn1c(-c2cccnc2[C@H](C)OC)c2c3cc(ccc31)-c1cc(O)cc(c1)C[C@H](NC(=O)[C@H](C(C)C)N(C)C(=O)C1CC13CCNCC3)C(=O)N1CCC[C@H](N1)C(=O)OCC(C)(C)C2. The summed E-state index contributed by atoms with van der Waals surface area (Å²) >= 11 is 0.